The maximum atomic E-state index is 12.0. The molecule has 1 heterocycles. The molecule has 0 bridgehead atoms. The van der Waals surface area contributed by atoms with E-state index in [2.05, 4.69) is 10.3 Å². The first-order chi connectivity index (χ1) is 9.06. The van der Waals surface area contributed by atoms with Crippen molar-refractivity contribution in [3.8, 4) is 0 Å². The van der Waals surface area contributed by atoms with E-state index >= 15 is 0 Å². The summed E-state index contributed by atoms with van der Waals surface area (Å²) < 4.78 is 0. The molecule has 1 amide bonds. The standard InChI is InChI=1S/C15H22N2O2/c1-10(2)7-14(19)17-15(11-8-12(18)9-11)13-5-3-4-6-16-13/h3-6,10-12,15,18H,7-9H2,1-2H3,(H,17,19)/t11?,12?,15-/m1/s1. The van der Waals surface area contributed by atoms with Gasteiger partial charge in [0.2, 0.25) is 5.91 Å². The van der Waals surface area contributed by atoms with E-state index in [0.29, 0.717) is 18.3 Å². The van der Waals surface area contributed by atoms with Gasteiger partial charge in [-0.05, 0) is 36.8 Å². The number of aliphatic hydroxyl groups excluding tert-OH is 1. The Bertz CT molecular complexity index is 413. The molecule has 1 fully saturated rings. The van der Waals surface area contributed by atoms with Gasteiger partial charge in [0, 0.05) is 12.6 Å². The van der Waals surface area contributed by atoms with E-state index in [0.717, 1.165) is 18.5 Å². The SMILES string of the molecule is CC(C)CC(=O)N[C@@H](c1ccccn1)C1CC(O)C1. The van der Waals surface area contributed by atoms with Crippen LogP contribution in [0, 0.1) is 11.8 Å². The number of aromatic nitrogens is 1. The molecule has 0 unspecified atom stereocenters. The van der Waals surface area contributed by atoms with Crippen molar-refractivity contribution in [2.24, 2.45) is 11.8 Å². The average molecular weight is 262 g/mol. The van der Waals surface area contributed by atoms with E-state index in [1.807, 2.05) is 32.0 Å². The summed E-state index contributed by atoms with van der Waals surface area (Å²) in [6, 6.07) is 5.66. The Morgan fingerprint density at radius 1 is 1.47 bits per heavy atom. The third kappa shape index (κ3) is 3.77. The summed E-state index contributed by atoms with van der Waals surface area (Å²) in [5.41, 5.74) is 0.886. The predicted octanol–water partition coefficient (Wildman–Crippen LogP) is 2.06. The molecule has 1 saturated carbocycles. The van der Waals surface area contributed by atoms with Crippen molar-refractivity contribution in [2.75, 3.05) is 0 Å². The van der Waals surface area contributed by atoms with E-state index in [1.54, 1.807) is 6.20 Å². The van der Waals surface area contributed by atoms with Gasteiger partial charge in [0.25, 0.3) is 0 Å². The smallest absolute Gasteiger partial charge is 0.220 e. The third-order valence-corrected chi connectivity index (χ3v) is 3.54. The highest BCUT2D eigenvalue weighted by molar-refractivity contribution is 5.76. The number of nitrogens with zero attached hydrogens (tertiary/aromatic N) is 1. The van der Waals surface area contributed by atoms with Crippen LogP contribution in [0.3, 0.4) is 0 Å². The number of carbonyl (C=O) groups is 1. The van der Waals surface area contributed by atoms with Gasteiger partial charge >= 0.3 is 0 Å². The molecule has 4 heteroatoms. The molecular weight excluding hydrogens is 240 g/mol. The molecule has 104 valence electrons. The molecule has 0 aromatic carbocycles. The zero-order valence-electron chi connectivity index (χ0n) is 11.5. The van der Waals surface area contributed by atoms with E-state index < -0.39 is 0 Å². The third-order valence-electron chi connectivity index (χ3n) is 3.54. The van der Waals surface area contributed by atoms with Crippen LogP contribution >= 0.6 is 0 Å². The fourth-order valence-corrected chi connectivity index (χ4v) is 2.50. The fraction of sp³-hybridized carbons (Fsp3) is 0.600. The number of rotatable bonds is 5. The Balaban J connectivity index is 2.05. The molecule has 1 aromatic rings. The summed E-state index contributed by atoms with van der Waals surface area (Å²) in [6.45, 7) is 4.06. The van der Waals surface area contributed by atoms with E-state index in [-0.39, 0.29) is 18.1 Å². The van der Waals surface area contributed by atoms with E-state index in [9.17, 15) is 9.90 Å². The first-order valence-electron chi connectivity index (χ1n) is 6.94. The van der Waals surface area contributed by atoms with Crippen molar-refractivity contribution < 1.29 is 9.90 Å². The number of carbonyl (C=O) groups excluding carboxylic acids is 1. The van der Waals surface area contributed by atoms with Crippen LogP contribution in [0.25, 0.3) is 0 Å². The van der Waals surface area contributed by atoms with Crippen LogP contribution in [-0.4, -0.2) is 22.1 Å². The minimum Gasteiger partial charge on any atom is -0.393 e. The van der Waals surface area contributed by atoms with Crippen molar-refractivity contribution in [1.82, 2.24) is 10.3 Å². The molecule has 0 saturated heterocycles. The van der Waals surface area contributed by atoms with E-state index in [1.165, 1.54) is 0 Å². The Kier molecular flexibility index (Phi) is 4.53. The minimum atomic E-state index is -0.224. The summed E-state index contributed by atoms with van der Waals surface area (Å²) in [7, 11) is 0. The quantitative estimate of drug-likeness (QED) is 0.853. The molecule has 1 aromatic heterocycles. The molecule has 1 aliphatic rings. The van der Waals surface area contributed by atoms with Crippen LogP contribution in [0.15, 0.2) is 24.4 Å². The summed E-state index contributed by atoms with van der Waals surface area (Å²) in [6.07, 6.45) is 3.52. The predicted molar refractivity (Wildman–Crippen MR) is 73.3 cm³/mol. The van der Waals surface area contributed by atoms with Gasteiger partial charge in [0.1, 0.15) is 0 Å². The molecular formula is C15H22N2O2. The van der Waals surface area contributed by atoms with Crippen molar-refractivity contribution >= 4 is 5.91 Å². The van der Waals surface area contributed by atoms with Gasteiger partial charge in [-0.2, -0.15) is 0 Å². The summed E-state index contributed by atoms with van der Waals surface area (Å²) in [5.74, 6) is 0.699. The number of amides is 1. The number of aliphatic hydroxyl groups is 1. The minimum absolute atomic E-state index is 0.0621. The Labute approximate surface area is 114 Å². The molecule has 1 aliphatic carbocycles. The van der Waals surface area contributed by atoms with Gasteiger partial charge in [-0.25, -0.2) is 0 Å². The van der Waals surface area contributed by atoms with Gasteiger partial charge in [0.05, 0.1) is 17.8 Å². The lowest BCUT2D eigenvalue weighted by atomic mass is 9.76. The summed E-state index contributed by atoms with van der Waals surface area (Å²) in [5, 5.41) is 12.5. The van der Waals surface area contributed by atoms with Crippen LogP contribution in [0.5, 0.6) is 0 Å². The van der Waals surface area contributed by atoms with Crippen LogP contribution < -0.4 is 5.32 Å². The maximum Gasteiger partial charge on any atom is 0.220 e. The van der Waals surface area contributed by atoms with Crippen molar-refractivity contribution in [1.29, 1.82) is 0 Å². The number of pyridine rings is 1. The van der Waals surface area contributed by atoms with Crippen LogP contribution in [0.2, 0.25) is 0 Å². The molecule has 0 spiro atoms. The lowest BCUT2D eigenvalue weighted by molar-refractivity contribution is -0.123. The van der Waals surface area contributed by atoms with E-state index in [4.69, 9.17) is 0 Å². The van der Waals surface area contributed by atoms with Crippen molar-refractivity contribution in [3.05, 3.63) is 30.1 Å². The molecule has 0 aliphatic heterocycles. The Hall–Kier alpha value is -1.42. The lowest BCUT2D eigenvalue weighted by Gasteiger charge is -2.37. The first kappa shape index (κ1) is 14.0. The average Bonchev–Trinajstić information content (AvgIpc) is 2.33. The highest BCUT2D eigenvalue weighted by atomic mass is 16.3. The zero-order chi connectivity index (χ0) is 13.8. The molecule has 0 radical (unpaired) electrons. The Morgan fingerprint density at radius 3 is 2.74 bits per heavy atom. The molecule has 19 heavy (non-hydrogen) atoms. The van der Waals surface area contributed by atoms with Crippen LogP contribution in [-0.2, 0) is 4.79 Å². The highest BCUT2D eigenvalue weighted by Gasteiger charge is 2.36. The second-order valence-corrected chi connectivity index (χ2v) is 5.78. The molecule has 2 N–H and O–H groups in total. The monoisotopic (exact) mass is 262 g/mol. The fourth-order valence-electron chi connectivity index (χ4n) is 2.50. The zero-order valence-corrected chi connectivity index (χ0v) is 11.5. The summed E-state index contributed by atoms with van der Waals surface area (Å²) in [4.78, 5) is 16.3. The van der Waals surface area contributed by atoms with Crippen LogP contribution in [0.4, 0.5) is 0 Å². The normalized spacial score (nSPS) is 23.8. The maximum absolute atomic E-state index is 12.0. The first-order valence-corrected chi connectivity index (χ1v) is 6.94. The topological polar surface area (TPSA) is 62.2 Å². The molecule has 4 nitrogen and oxygen atoms in total. The van der Waals surface area contributed by atoms with Gasteiger partial charge in [0.15, 0.2) is 0 Å². The molecule has 1 atom stereocenters. The van der Waals surface area contributed by atoms with Gasteiger partial charge in [-0.3, -0.25) is 9.78 Å². The second-order valence-electron chi connectivity index (χ2n) is 5.78. The second kappa shape index (κ2) is 6.15. The lowest BCUT2D eigenvalue weighted by Crippen LogP contribution is -2.42. The van der Waals surface area contributed by atoms with Gasteiger partial charge in [-0.1, -0.05) is 19.9 Å². The number of hydrogen-bond acceptors (Lipinski definition) is 3. The summed E-state index contributed by atoms with van der Waals surface area (Å²) >= 11 is 0. The molecule has 2 rings (SSSR count). The van der Waals surface area contributed by atoms with Crippen LogP contribution in [0.1, 0.15) is 44.8 Å². The highest BCUT2D eigenvalue weighted by Crippen LogP contribution is 2.37. The largest absolute Gasteiger partial charge is 0.393 e. The van der Waals surface area contributed by atoms with Gasteiger partial charge in [-0.15, -0.1) is 0 Å². The van der Waals surface area contributed by atoms with Gasteiger partial charge < -0.3 is 10.4 Å². The van der Waals surface area contributed by atoms with Crippen molar-refractivity contribution in [2.45, 2.75) is 45.3 Å². The Morgan fingerprint density at radius 2 is 2.21 bits per heavy atom. The number of nitrogens with one attached hydrogen (secondary N) is 1. The van der Waals surface area contributed by atoms with Crippen molar-refractivity contribution in [3.63, 3.8) is 0 Å². The number of hydrogen-bond donors (Lipinski definition) is 2.